The predicted octanol–water partition coefficient (Wildman–Crippen LogP) is 1.47. The zero-order valence-corrected chi connectivity index (χ0v) is 13.9. The van der Waals surface area contributed by atoms with Crippen molar-refractivity contribution >= 4 is 28.2 Å². The number of ether oxygens (including phenoxy) is 2. The highest BCUT2D eigenvalue weighted by atomic mass is 32.1. The second-order valence-corrected chi connectivity index (χ2v) is 6.08. The molecule has 122 valence electrons. The van der Waals surface area contributed by atoms with Crippen molar-refractivity contribution in [3.8, 4) is 11.9 Å². The normalized spacial score (nSPS) is 13.4. The molecule has 3 rings (SSSR count). The maximum absolute atomic E-state index is 11.2. The molecule has 0 aromatic carbocycles. The SMILES string of the molecule is COc1cc(N2CCc3nc(NC(C)=O)sc3C2)nc(OC)n1. The van der Waals surface area contributed by atoms with Gasteiger partial charge in [-0.1, -0.05) is 11.3 Å². The number of amides is 1. The fourth-order valence-electron chi connectivity index (χ4n) is 2.35. The molecule has 1 amide bonds. The summed E-state index contributed by atoms with van der Waals surface area (Å²) in [7, 11) is 3.08. The van der Waals surface area contributed by atoms with Gasteiger partial charge in [0.25, 0.3) is 0 Å². The van der Waals surface area contributed by atoms with Gasteiger partial charge >= 0.3 is 6.01 Å². The molecular formula is C14H17N5O3S. The van der Waals surface area contributed by atoms with Crippen LogP contribution >= 0.6 is 11.3 Å². The molecular weight excluding hydrogens is 318 g/mol. The van der Waals surface area contributed by atoms with Gasteiger partial charge in [-0.25, -0.2) is 4.98 Å². The van der Waals surface area contributed by atoms with E-state index in [1.54, 1.807) is 13.2 Å². The summed E-state index contributed by atoms with van der Waals surface area (Å²) in [6, 6.07) is 2.05. The maximum Gasteiger partial charge on any atom is 0.321 e. The number of anilines is 2. The first-order valence-electron chi connectivity index (χ1n) is 7.07. The third-order valence-electron chi connectivity index (χ3n) is 3.40. The van der Waals surface area contributed by atoms with Crippen molar-refractivity contribution in [1.29, 1.82) is 0 Å². The van der Waals surface area contributed by atoms with Crippen LogP contribution in [-0.2, 0) is 17.8 Å². The molecule has 0 fully saturated rings. The number of hydrogen-bond donors (Lipinski definition) is 1. The Balaban J connectivity index is 1.84. The molecule has 9 heteroatoms. The summed E-state index contributed by atoms with van der Waals surface area (Å²) in [5, 5.41) is 3.38. The number of methoxy groups -OCH3 is 2. The zero-order chi connectivity index (χ0) is 16.4. The molecule has 2 aromatic heterocycles. The monoisotopic (exact) mass is 335 g/mol. The number of rotatable bonds is 4. The number of nitrogens with zero attached hydrogens (tertiary/aromatic N) is 4. The Morgan fingerprint density at radius 3 is 2.83 bits per heavy atom. The van der Waals surface area contributed by atoms with Gasteiger partial charge in [0.15, 0.2) is 5.13 Å². The van der Waals surface area contributed by atoms with E-state index in [0.29, 0.717) is 17.6 Å². The summed E-state index contributed by atoms with van der Waals surface area (Å²) in [6.45, 7) is 2.93. The van der Waals surface area contributed by atoms with Gasteiger partial charge in [-0.15, -0.1) is 0 Å². The number of carbonyl (C=O) groups excluding carboxylic acids is 1. The Morgan fingerprint density at radius 1 is 1.30 bits per heavy atom. The van der Waals surface area contributed by atoms with Gasteiger partial charge < -0.3 is 19.7 Å². The average molecular weight is 335 g/mol. The Kier molecular flexibility index (Phi) is 4.28. The van der Waals surface area contributed by atoms with Crippen LogP contribution in [0.25, 0.3) is 0 Å². The van der Waals surface area contributed by atoms with Gasteiger partial charge in [0.2, 0.25) is 11.8 Å². The summed E-state index contributed by atoms with van der Waals surface area (Å²) < 4.78 is 10.3. The molecule has 0 spiro atoms. The number of thiazole rings is 1. The van der Waals surface area contributed by atoms with Crippen molar-refractivity contribution in [1.82, 2.24) is 15.0 Å². The van der Waals surface area contributed by atoms with Crippen LogP contribution in [-0.4, -0.2) is 41.6 Å². The van der Waals surface area contributed by atoms with Gasteiger partial charge in [-0.05, 0) is 0 Å². The van der Waals surface area contributed by atoms with E-state index in [4.69, 9.17) is 9.47 Å². The third kappa shape index (κ3) is 3.34. The molecule has 3 heterocycles. The van der Waals surface area contributed by atoms with E-state index in [2.05, 4.69) is 25.2 Å². The first-order valence-corrected chi connectivity index (χ1v) is 7.89. The van der Waals surface area contributed by atoms with Crippen LogP contribution in [0.3, 0.4) is 0 Å². The van der Waals surface area contributed by atoms with Gasteiger partial charge in [-0.2, -0.15) is 9.97 Å². The molecule has 0 unspecified atom stereocenters. The lowest BCUT2D eigenvalue weighted by molar-refractivity contribution is -0.114. The van der Waals surface area contributed by atoms with Crippen LogP contribution in [0.1, 0.15) is 17.5 Å². The molecule has 0 saturated carbocycles. The number of carbonyl (C=O) groups is 1. The zero-order valence-electron chi connectivity index (χ0n) is 13.1. The van der Waals surface area contributed by atoms with Crippen molar-refractivity contribution < 1.29 is 14.3 Å². The lowest BCUT2D eigenvalue weighted by Crippen LogP contribution is -2.30. The minimum Gasteiger partial charge on any atom is -0.481 e. The number of aromatic nitrogens is 3. The number of nitrogens with one attached hydrogen (secondary N) is 1. The quantitative estimate of drug-likeness (QED) is 0.905. The van der Waals surface area contributed by atoms with Crippen molar-refractivity contribution in [2.24, 2.45) is 0 Å². The molecule has 1 aliphatic heterocycles. The molecule has 1 aliphatic rings. The fourth-order valence-corrected chi connectivity index (χ4v) is 3.42. The molecule has 0 saturated heterocycles. The van der Waals surface area contributed by atoms with E-state index >= 15 is 0 Å². The molecule has 0 atom stereocenters. The van der Waals surface area contributed by atoms with E-state index in [0.717, 1.165) is 29.4 Å². The van der Waals surface area contributed by atoms with Crippen molar-refractivity contribution in [2.45, 2.75) is 19.9 Å². The summed E-state index contributed by atoms with van der Waals surface area (Å²) >= 11 is 1.49. The lowest BCUT2D eigenvalue weighted by atomic mass is 10.2. The average Bonchev–Trinajstić information content (AvgIpc) is 2.94. The van der Waals surface area contributed by atoms with Crippen LogP contribution in [0.5, 0.6) is 11.9 Å². The summed E-state index contributed by atoms with van der Waals surface area (Å²) in [4.78, 5) is 27.3. The molecule has 0 aliphatic carbocycles. The minimum atomic E-state index is -0.113. The van der Waals surface area contributed by atoms with Crippen molar-refractivity contribution in [3.63, 3.8) is 0 Å². The smallest absolute Gasteiger partial charge is 0.321 e. The molecule has 1 N–H and O–H groups in total. The van der Waals surface area contributed by atoms with Gasteiger partial charge in [0.05, 0.1) is 26.5 Å². The Labute approximate surface area is 137 Å². The standard InChI is InChI=1S/C14H17N5O3S/c1-8(20)15-14-16-9-4-5-19(7-10(9)23-14)11-6-12(21-2)18-13(17-11)22-3/h6H,4-5,7H2,1-3H3,(H,15,16,20). The van der Waals surface area contributed by atoms with Gasteiger partial charge in [0.1, 0.15) is 5.82 Å². The molecule has 0 radical (unpaired) electrons. The highest BCUT2D eigenvalue weighted by Crippen LogP contribution is 2.31. The molecule has 8 nitrogen and oxygen atoms in total. The predicted molar refractivity (Wildman–Crippen MR) is 86.3 cm³/mol. The number of hydrogen-bond acceptors (Lipinski definition) is 8. The Hall–Kier alpha value is -2.42. The van der Waals surface area contributed by atoms with Crippen LogP contribution < -0.4 is 19.7 Å². The maximum atomic E-state index is 11.2. The second kappa shape index (κ2) is 6.37. The van der Waals surface area contributed by atoms with E-state index in [9.17, 15) is 4.79 Å². The summed E-state index contributed by atoms with van der Waals surface area (Å²) in [6.07, 6.45) is 0.792. The van der Waals surface area contributed by atoms with Crippen LogP contribution in [0.4, 0.5) is 10.9 Å². The first-order chi connectivity index (χ1) is 11.1. The van der Waals surface area contributed by atoms with E-state index in [1.165, 1.54) is 25.4 Å². The van der Waals surface area contributed by atoms with Crippen LogP contribution in [0.2, 0.25) is 0 Å². The summed E-state index contributed by atoms with van der Waals surface area (Å²) in [5.74, 6) is 1.09. The van der Waals surface area contributed by atoms with E-state index in [1.807, 2.05) is 0 Å². The largest absolute Gasteiger partial charge is 0.481 e. The van der Waals surface area contributed by atoms with Crippen molar-refractivity contribution in [2.75, 3.05) is 31.0 Å². The topological polar surface area (TPSA) is 89.5 Å². The molecule has 0 bridgehead atoms. The van der Waals surface area contributed by atoms with E-state index < -0.39 is 0 Å². The van der Waals surface area contributed by atoms with E-state index in [-0.39, 0.29) is 11.9 Å². The van der Waals surface area contributed by atoms with Gasteiger partial charge in [-0.3, -0.25) is 4.79 Å². The summed E-state index contributed by atoms with van der Waals surface area (Å²) in [5.41, 5.74) is 1.03. The fraction of sp³-hybridized carbons (Fsp3) is 0.429. The number of fused-ring (bicyclic) bond motifs is 1. The highest BCUT2D eigenvalue weighted by molar-refractivity contribution is 7.15. The molecule has 23 heavy (non-hydrogen) atoms. The van der Waals surface area contributed by atoms with Crippen molar-refractivity contribution in [3.05, 3.63) is 16.6 Å². The van der Waals surface area contributed by atoms with Crippen LogP contribution in [0, 0.1) is 0 Å². The Morgan fingerprint density at radius 2 is 2.13 bits per heavy atom. The minimum absolute atomic E-state index is 0.113. The van der Waals surface area contributed by atoms with Crippen LogP contribution in [0.15, 0.2) is 6.07 Å². The second-order valence-electron chi connectivity index (χ2n) is 5.00. The third-order valence-corrected chi connectivity index (χ3v) is 4.40. The lowest BCUT2D eigenvalue weighted by Gasteiger charge is -2.27. The first kappa shape index (κ1) is 15.5. The molecule has 2 aromatic rings. The Bertz CT molecular complexity index is 711. The van der Waals surface area contributed by atoms with Gasteiger partial charge in [0, 0.05) is 30.8 Å². The highest BCUT2D eigenvalue weighted by Gasteiger charge is 2.23.